The first-order chi connectivity index (χ1) is 10.2. The number of hydrogen-bond donors (Lipinski definition) is 2. The summed E-state index contributed by atoms with van der Waals surface area (Å²) in [5, 5.41) is 3.30. The standard InChI is InChI=1S/C17H28N4.HI/c1-14(2)12-19-17(18)20-13-16(21-10-6-7-11-21)15-8-4-3-5-9-15;/h3-5,8-9,14,16H,6-7,10-13H2,1-2H3,(H3,18,19,20);1H. The molecule has 2 rings (SSSR count). The van der Waals surface area contributed by atoms with Crippen LogP contribution in [0.1, 0.15) is 38.3 Å². The fraction of sp³-hybridized carbons (Fsp3) is 0.588. The van der Waals surface area contributed by atoms with Gasteiger partial charge in [-0.05, 0) is 37.4 Å². The average Bonchev–Trinajstić information content (AvgIpc) is 3.00. The number of nitrogens with one attached hydrogen (secondary N) is 1. The Morgan fingerprint density at radius 3 is 2.45 bits per heavy atom. The number of nitrogens with zero attached hydrogens (tertiary/aromatic N) is 2. The third-order valence-corrected chi connectivity index (χ3v) is 3.87. The molecule has 1 fully saturated rings. The zero-order valence-corrected chi connectivity index (χ0v) is 16.0. The van der Waals surface area contributed by atoms with Crippen molar-refractivity contribution in [1.82, 2.24) is 10.2 Å². The second kappa shape index (κ2) is 10.0. The Labute approximate surface area is 151 Å². The van der Waals surface area contributed by atoms with Gasteiger partial charge in [0.15, 0.2) is 5.96 Å². The minimum atomic E-state index is 0. The lowest BCUT2D eigenvalue weighted by Gasteiger charge is -2.28. The number of halogens is 1. The molecule has 1 unspecified atom stereocenters. The molecule has 1 aromatic rings. The number of nitrogens with two attached hydrogens (primary N) is 1. The normalized spacial score (nSPS) is 17.3. The van der Waals surface area contributed by atoms with E-state index >= 15 is 0 Å². The minimum Gasteiger partial charge on any atom is -0.370 e. The van der Waals surface area contributed by atoms with Crippen LogP contribution >= 0.6 is 24.0 Å². The lowest BCUT2D eigenvalue weighted by molar-refractivity contribution is 0.245. The van der Waals surface area contributed by atoms with Crippen LogP contribution in [0.3, 0.4) is 0 Å². The molecule has 124 valence electrons. The van der Waals surface area contributed by atoms with Gasteiger partial charge in [-0.15, -0.1) is 24.0 Å². The van der Waals surface area contributed by atoms with Crippen LogP contribution in [0.5, 0.6) is 0 Å². The Kier molecular flexibility index (Phi) is 8.78. The van der Waals surface area contributed by atoms with Gasteiger partial charge in [0.1, 0.15) is 0 Å². The molecule has 0 aromatic heterocycles. The van der Waals surface area contributed by atoms with E-state index in [1.54, 1.807) is 0 Å². The third kappa shape index (κ3) is 6.12. The molecule has 0 spiro atoms. The van der Waals surface area contributed by atoms with Crippen molar-refractivity contribution in [2.75, 3.05) is 26.2 Å². The van der Waals surface area contributed by atoms with E-state index in [0.717, 1.165) is 13.1 Å². The van der Waals surface area contributed by atoms with Crippen molar-refractivity contribution in [3.63, 3.8) is 0 Å². The number of aliphatic imine (C=N–C) groups is 1. The Hall–Kier alpha value is -0.820. The SMILES string of the molecule is CC(C)CN=C(N)NCC(c1ccccc1)N1CCCC1.I. The second-order valence-corrected chi connectivity index (χ2v) is 6.17. The van der Waals surface area contributed by atoms with Crippen LogP contribution in [0.15, 0.2) is 35.3 Å². The van der Waals surface area contributed by atoms with Gasteiger partial charge in [-0.1, -0.05) is 44.2 Å². The first-order valence-electron chi connectivity index (χ1n) is 7.99. The fourth-order valence-corrected chi connectivity index (χ4v) is 2.72. The van der Waals surface area contributed by atoms with Gasteiger partial charge in [-0.3, -0.25) is 9.89 Å². The molecule has 0 bridgehead atoms. The summed E-state index contributed by atoms with van der Waals surface area (Å²) < 4.78 is 0. The van der Waals surface area contributed by atoms with Crippen molar-refractivity contribution >= 4 is 29.9 Å². The van der Waals surface area contributed by atoms with Gasteiger partial charge in [0, 0.05) is 13.1 Å². The second-order valence-electron chi connectivity index (χ2n) is 6.17. The maximum absolute atomic E-state index is 5.97. The maximum atomic E-state index is 5.97. The molecular formula is C17H29IN4. The topological polar surface area (TPSA) is 53.6 Å². The molecule has 4 nitrogen and oxygen atoms in total. The van der Waals surface area contributed by atoms with E-state index in [9.17, 15) is 0 Å². The lowest BCUT2D eigenvalue weighted by Crippen LogP contribution is -2.40. The Bertz CT molecular complexity index is 441. The highest BCUT2D eigenvalue weighted by molar-refractivity contribution is 14.0. The number of benzene rings is 1. The van der Waals surface area contributed by atoms with E-state index in [1.807, 2.05) is 0 Å². The molecule has 1 aromatic carbocycles. The molecule has 1 aliphatic heterocycles. The van der Waals surface area contributed by atoms with Crippen LogP contribution in [0, 0.1) is 5.92 Å². The fourth-order valence-electron chi connectivity index (χ4n) is 2.72. The number of guanidine groups is 1. The Morgan fingerprint density at radius 1 is 1.23 bits per heavy atom. The molecular weight excluding hydrogens is 387 g/mol. The summed E-state index contributed by atoms with van der Waals surface area (Å²) in [5.74, 6) is 1.10. The smallest absolute Gasteiger partial charge is 0.188 e. The van der Waals surface area contributed by atoms with Crippen LogP contribution in [0.25, 0.3) is 0 Å². The van der Waals surface area contributed by atoms with Crippen LogP contribution in [0.4, 0.5) is 0 Å². The largest absolute Gasteiger partial charge is 0.370 e. The molecule has 1 heterocycles. The van der Waals surface area contributed by atoms with Crippen LogP contribution in [0.2, 0.25) is 0 Å². The van der Waals surface area contributed by atoms with Crippen molar-refractivity contribution in [3.05, 3.63) is 35.9 Å². The van der Waals surface area contributed by atoms with Crippen molar-refractivity contribution in [1.29, 1.82) is 0 Å². The first kappa shape index (κ1) is 19.2. The van der Waals surface area contributed by atoms with Crippen molar-refractivity contribution in [2.45, 2.75) is 32.7 Å². The Morgan fingerprint density at radius 2 is 1.86 bits per heavy atom. The monoisotopic (exact) mass is 416 g/mol. The van der Waals surface area contributed by atoms with Crippen molar-refractivity contribution in [2.24, 2.45) is 16.6 Å². The summed E-state index contributed by atoms with van der Waals surface area (Å²) in [5.41, 5.74) is 7.32. The molecule has 1 aliphatic rings. The number of likely N-dealkylation sites (tertiary alicyclic amines) is 1. The molecule has 1 atom stereocenters. The highest BCUT2D eigenvalue weighted by Crippen LogP contribution is 2.24. The lowest BCUT2D eigenvalue weighted by atomic mass is 10.1. The molecule has 5 heteroatoms. The maximum Gasteiger partial charge on any atom is 0.188 e. The number of rotatable bonds is 6. The van der Waals surface area contributed by atoms with E-state index in [-0.39, 0.29) is 24.0 Å². The average molecular weight is 416 g/mol. The van der Waals surface area contributed by atoms with E-state index in [4.69, 9.17) is 5.73 Å². The predicted octanol–water partition coefficient (Wildman–Crippen LogP) is 3.00. The zero-order valence-electron chi connectivity index (χ0n) is 13.7. The molecule has 1 saturated heterocycles. The summed E-state index contributed by atoms with van der Waals surface area (Å²) in [6.45, 7) is 8.23. The predicted molar refractivity (Wildman–Crippen MR) is 105 cm³/mol. The molecule has 0 amide bonds. The molecule has 3 N–H and O–H groups in total. The number of hydrogen-bond acceptors (Lipinski definition) is 2. The van der Waals surface area contributed by atoms with Gasteiger partial charge < -0.3 is 11.1 Å². The summed E-state index contributed by atoms with van der Waals surface area (Å²) in [6.07, 6.45) is 2.58. The summed E-state index contributed by atoms with van der Waals surface area (Å²) in [6, 6.07) is 11.1. The van der Waals surface area contributed by atoms with Crippen molar-refractivity contribution in [3.8, 4) is 0 Å². The molecule has 22 heavy (non-hydrogen) atoms. The summed E-state index contributed by atoms with van der Waals surface area (Å²) >= 11 is 0. The quantitative estimate of drug-likeness (QED) is 0.426. The van der Waals surface area contributed by atoms with Gasteiger partial charge in [-0.25, -0.2) is 0 Å². The van der Waals surface area contributed by atoms with E-state index < -0.39 is 0 Å². The Balaban J connectivity index is 0.00000242. The highest BCUT2D eigenvalue weighted by atomic mass is 127. The first-order valence-corrected chi connectivity index (χ1v) is 7.99. The highest BCUT2D eigenvalue weighted by Gasteiger charge is 2.23. The summed E-state index contributed by atoms with van der Waals surface area (Å²) in [4.78, 5) is 6.92. The molecule has 0 aliphatic carbocycles. The van der Waals surface area contributed by atoms with Crippen LogP contribution in [-0.4, -0.2) is 37.0 Å². The van der Waals surface area contributed by atoms with Crippen LogP contribution in [-0.2, 0) is 0 Å². The zero-order chi connectivity index (χ0) is 15.1. The van der Waals surface area contributed by atoms with Crippen LogP contribution < -0.4 is 11.1 Å². The van der Waals surface area contributed by atoms with Crippen molar-refractivity contribution < 1.29 is 0 Å². The van der Waals surface area contributed by atoms with E-state index in [0.29, 0.717) is 17.9 Å². The van der Waals surface area contributed by atoms with Gasteiger partial charge >= 0.3 is 0 Å². The molecule has 0 radical (unpaired) electrons. The van der Waals surface area contributed by atoms with E-state index in [2.05, 4.69) is 59.4 Å². The van der Waals surface area contributed by atoms with Gasteiger partial charge in [0.2, 0.25) is 0 Å². The van der Waals surface area contributed by atoms with Gasteiger partial charge in [0.05, 0.1) is 6.04 Å². The van der Waals surface area contributed by atoms with Gasteiger partial charge in [0.25, 0.3) is 0 Å². The molecule has 0 saturated carbocycles. The third-order valence-electron chi connectivity index (χ3n) is 3.87. The van der Waals surface area contributed by atoms with Gasteiger partial charge in [-0.2, -0.15) is 0 Å². The minimum absolute atomic E-state index is 0. The van der Waals surface area contributed by atoms with E-state index in [1.165, 1.54) is 31.5 Å². The summed E-state index contributed by atoms with van der Waals surface area (Å²) in [7, 11) is 0.